The second kappa shape index (κ2) is 6.09. The Morgan fingerprint density at radius 1 is 1.52 bits per heavy atom. The summed E-state index contributed by atoms with van der Waals surface area (Å²) in [6.45, 7) is 4.76. The molecule has 0 bridgehead atoms. The molecule has 0 heterocycles. The average Bonchev–Trinajstić information content (AvgIpc) is 3.27. The monoisotopic (exact) mass is 292 g/mol. The van der Waals surface area contributed by atoms with Gasteiger partial charge < -0.3 is 10.3 Å². The van der Waals surface area contributed by atoms with E-state index in [9.17, 15) is 14.9 Å². The molecule has 0 spiro atoms. The van der Waals surface area contributed by atoms with Gasteiger partial charge in [0.1, 0.15) is 5.69 Å². The Hall–Kier alpha value is -2.15. The normalized spacial score (nSPS) is 14.1. The topological polar surface area (TPSA) is 102 Å². The summed E-state index contributed by atoms with van der Waals surface area (Å²) >= 11 is 0. The predicted molar refractivity (Wildman–Crippen MR) is 79.8 cm³/mol. The molecule has 0 radical (unpaired) electrons. The molecule has 0 aromatic heterocycles. The number of hydrogen-bond donors (Lipinski definition) is 2. The molecule has 7 heteroatoms. The zero-order valence-electron chi connectivity index (χ0n) is 12.2. The summed E-state index contributed by atoms with van der Waals surface area (Å²) in [7, 11) is 0. The summed E-state index contributed by atoms with van der Waals surface area (Å²) in [5.74, 6) is 5.45. The number of hydrogen-bond acceptors (Lipinski definition) is 5. The van der Waals surface area contributed by atoms with E-state index in [0.717, 1.165) is 12.8 Å². The highest BCUT2D eigenvalue weighted by molar-refractivity contribution is 5.96. The van der Waals surface area contributed by atoms with Crippen LogP contribution < -0.4 is 11.3 Å². The van der Waals surface area contributed by atoms with Crippen molar-refractivity contribution in [2.45, 2.75) is 32.7 Å². The summed E-state index contributed by atoms with van der Waals surface area (Å²) in [6.07, 6.45) is 2.01. The van der Waals surface area contributed by atoms with Crippen LogP contribution in [-0.2, 0) is 0 Å². The fourth-order valence-electron chi connectivity index (χ4n) is 2.28. The highest BCUT2D eigenvalue weighted by Gasteiger charge is 2.33. The van der Waals surface area contributed by atoms with E-state index >= 15 is 0 Å². The minimum atomic E-state index is -0.546. The fourth-order valence-corrected chi connectivity index (χ4v) is 2.28. The quantitative estimate of drug-likeness (QED) is 0.475. The Balaban J connectivity index is 2.29. The molecule has 0 atom stereocenters. The Labute approximate surface area is 123 Å². The van der Waals surface area contributed by atoms with Crippen molar-refractivity contribution in [2.24, 2.45) is 11.8 Å². The van der Waals surface area contributed by atoms with Crippen molar-refractivity contribution in [1.29, 1.82) is 0 Å². The molecule has 1 aromatic carbocycles. The molecule has 1 amide bonds. The molecule has 21 heavy (non-hydrogen) atoms. The Morgan fingerprint density at radius 3 is 2.67 bits per heavy atom. The summed E-state index contributed by atoms with van der Waals surface area (Å²) in [5, 5.41) is 11.0. The third-order valence-electron chi connectivity index (χ3n) is 3.41. The van der Waals surface area contributed by atoms with E-state index in [2.05, 4.69) is 5.43 Å². The number of hydrazine groups is 1. The van der Waals surface area contributed by atoms with Crippen molar-refractivity contribution < 1.29 is 9.72 Å². The average molecular weight is 292 g/mol. The lowest BCUT2D eigenvalue weighted by Crippen LogP contribution is -2.36. The maximum absolute atomic E-state index is 12.6. The summed E-state index contributed by atoms with van der Waals surface area (Å²) in [4.78, 5) is 24.9. The lowest BCUT2D eigenvalue weighted by molar-refractivity contribution is -0.384. The van der Waals surface area contributed by atoms with Gasteiger partial charge in [0, 0.05) is 24.2 Å². The van der Waals surface area contributed by atoms with Crippen LogP contribution in [0.15, 0.2) is 18.2 Å². The molecule has 1 aliphatic carbocycles. The van der Waals surface area contributed by atoms with Crippen molar-refractivity contribution in [1.82, 2.24) is 4.90 Å². The number of carbonyl (C=O) groups excluding carboxylic acids is 1. The van der Waals surface area contributed by atoms with Crippen molar-refractivity contribution in [3.63, 3.8) is 0 Å². The van der Waals surface area contributed by atoms with Crippen LogP contribution in [0.3, 0.4) is 0 Å². The van der Waals surface area contributed by atoms with E-state index in [1.807, 2.05) is 18.7 Å². The molecule has 2 rings (SSSR count). The van der Waals surface area contributed by atoms with Crippen LogP contribution in [0.5, 0.6) is 0 Å². The number of nitrogens with one attached hydrogen (secondary N) is 1. The number of amides is 1. The first-order valence-corrected chi connectivity index (χ1v) is 7.00. The number of benzene rings is 1. The second-order valence-corrected chi connectivity index (χ2v) is 5.72. The zero-order valence-corrected chi connectivity index (χ0v) is 12.2. The maximum atomic E-state index is 12.6. The van der Waals surface area contributed by atoms with Crippen LogP contribution in [0.1, 0.15) is 37.0 Å². The third-order valence-corrected chi connectivity index (χ3v) is 3.41. The third kappa shape index (κ3) is 3.49. The predicted octanol–water partition coefficient (Wildman–Crippen LogP) is 2.14. The van der Waals surface area contributed by atoms with Crippen molar-refractivity contribution in [2.75, 3.05) is 12.0 Å². The van der Waals surface area contributed by atoms with Crippen LogP contribution in [0.4, 0.5) is 11.4 Å². The molecule has 114 valence electrons. The number of nitrogens with zero attached hydrogens (tertiary/aromatic N) is 2. The van der Waals surface area contributed by atoms with Gasteiger partial charge in [-0.15, -0.1) is 0 Å². The molecule has 7 nitrogen and oxygen atoms in total. The first-order chi connectivity index (χ1) is 9.93. The lowest BCUT2D eigenvalue weighted by Gasteiger charge is -2.24. The lowest BCUT2D eigenvalue weighted by atomic mass is 10.1. The minimum Gasteiger partial charge on any atom is -0.335 e. The molecule has 1 aliphatic rings. The summed E-state index contributed by atoms with van der Waals surface area (Å²) in [5.41, 5.74) is 2.60. The van der Waals surface area contributed by atoms with Crippen LogP contribution in [0, 0.1) is 16.0 Å². The van der Waals surface area contributed by atoms with Crippen LogP contribution in [0.25, 0.3) is 0 Å². The minimum absolute atomic E-state index is 0.155. The first kappa shape index (κ1) is 15.2. The standard InChI is InChI=1S/C14H20N4O3/c1-9(2)8-17(11-4-5-11)14(19)10-3-6-12(16-15)13(7-10)18(20)21/h3,6-7,9,11,16H,4-5,8,15H2,1-2H3. The van der Waals surface area contributed by atoms with Gasteiger partial charge in [-0.3, -0.25) is 20.8 Å². The largest absolute Gasteiger partial charge is 0.335 e. The molecule has 3 N–H and O–H groups in total. The van der Waals surface area contributed by atoms with Gasteiger partial charge in [-0.2, -0.15) is 0 Å². The van der Waals surface area contributed by atoms with Gasteiger partial charge in [0.25, 0.3) is 11.6 Å². The smallest absolute Gasteiger partial charge is 0.294 e. The Morgan fingerprint density at radius 2 is 2.19 bits per heavy atom. The zero-order chi connectivity index (χ0) is 15.6. The molecule has 0 unspecified atom stereocenters. The number of nitrogens with two attached hydrogens (primary N) is 1. The van der Waals surface area contributed by atoms with E-state index in [1.165, 1.54) is 12.1 Å². The summed E-state index contributed by atoms with van der Waals surface area (Å²) in [6, 6.07) is 4.59. The number of nitrogen functional groups attached to an aromatic ring is 1. The molecule has 1 saturated carbocycles. The molecular formula is C14H20N4O3. The van der Waals surface area contributed by atoms with E-state index < -0.39 is 4.92 Å². The highest BCUT2D eigenvalue weighted by Crippen LogP contribution is 2.31. The van der Waals surface area contributed by atoms with Crippen LogP contribution in [-0.4, -0.2) is 28.3 Å². The van der Waals surface area contributed by atoms with Crippen LogP contribution >= 0.6 is 0 Å². The number of anilines is 1. The van der Waals surface area contributed by atoms with Crippen molar-refractivity contribution in [3.05, 3.63) is 33.9 Å². The van der Waals surface area contributed by atoms with Gasteiger partial charge in [0.2, 0.25) is 0 Å². The molecule has 0 saturated heterocycles. The number of nitro benzene ring substituents is 1. The van der Waals surface area contributed by atoms with Gasteiger partial charge in [-0.25, -0.2) is 0 Å². The molecule has 0 aliphatic heterocycles. The number of nitro groups is 1. The highest BCUT2D eigenvalue weighted by atomic mass is 16.6. The molecular weight excluding hydrogens is 272 g/mol. The maximum Gasteiger partial charge on any atom is 0.294 e. The van der Waals surface area contributed by atoms with Gasteiger partial charge in [-0.05, 0) is 30.9 Å². The van der Waals surface area contributed by atoms with E-state index in [-0.39, 0.29) is 23.3 Å². The van der Waals surface area contributed by atoms with E-state index in [0.29, 0.717) is 18.0 Å². The summed E-state index contributed by atoms with van der Waals surface area (Å²) < 4.78 is 0. The van der Waals surface area contributed by atoms with Gasteiger partial charge in [0.05, 0.1) is 4.92 Å². The van der Waals surface area contributed by atoms with E-state index in [1.54, 1.807) is 6.07 Å². The number of carbonyl (C=O) groups is 1. The first-order valence-electron chi connectivity index (χ1n) is 7.00. The van der Waals surface area contributed by atoms with Crippen LogP contribution in [0.2, 0.25) is 0 Å². The number of rotatable bonds is 6. The molecule has 1 fully saturated rings. The second-order valence-electron chi connectivity index (χ2n) is 5.72. The Bertz CT molecular complexity index is 555. The van der Waals surface area contributed by atoms with Gasteiger partial charge >= 0.3 is 0 Å². The Kier molecular flexibility index (Phi) is 4.42. The molecule has 1 aromatic rings. The fraction of sp³-hybridized carbons (Fsp3) is 0.500. The van der Waals surface area contributed by atoms with Gasteiger partial charge in [0.15, 0.2) is 0 Å². The van der Waals surface area contributed by atoms with Crippen molar-refractivity contribution >= 4 is 17.3 Å². The van der Waals surface area contributed by atoms with Crippen molar-refractivity contribution in [3.8, 4) is 0 Å². The SMILES string of the molecule is CC(C)CN(C(=O)c1ccc(NN)c([N+](=O)[O-])c1)C1CC1. The van der Waals surface area contributed by atoms with E-state index in [4.69, 9.17) is 5.84 Å². The van der Waals surface area contributed by atoms with Gasteiger partial charge in [-0.1, -0.05) is 13.8 Å².